The Labute approximate surface area is 354 Å². The van der Waals surface area contributed by atoms with E-state index in [4.69, 9.17) is 16.3 Å². The molecule has 0 radical (unpaired) electrons. The van der Waals surface area contributed by atoms with Crippen molar-refractivity contribution in [3.05, 3.63) is 87.9 Å². The normalized spacial score (nSPS) is 26.5. The minimum absolute atomic E-state index is 0.00532. The van der Waals surface area contributed by atoms with Crippen molar-refractivity contribution >= 4 is 52.5 Å². The lowest BCUT2D eigenvalue weighted by Gasteiger charge is -2.56. The second kappa shape index (κ2) is 15.2. The van der Waals surface area contributed by atoms with Crippen LogP contribution in [0.2, 0.25) is 5.02 Å². The number of ether oxygens (including phenoxy) is 1. The van der Waals surface area contributed by atoms with E-state index in [1.807, 2.05) is 18.2 Å². The zero-order chi connectivity index (χ0) is 41.3. The number of halogens is 1. The smallest absolute Gasteiger partial charge is 0.262 e. The van der Waals surface area contributed by atoms with Crippen LogP contribution in [0.4, 0.5) is 11.4 Å². The highest BCUT2D eigenvalue weighted by atomic mass is 35.5. The van der Waals surface area contributed by atoms with Crippen LogP contribution in [0.15, 0.2) is 60.7 Å². The van der Waals surface area contributed by atoms with Crippen molar-refractivity contribution in [3.63, 3.8) is 0 Å². The maximum atomic E-state index is 13.8. The van der Waals surface area contributed by atoms with Crippen molar-refractivity contribution in [2.75, 3.05) is 49.1 Å². The fourth-order valence-electron chi connectivity index (χ4n) is 11.1. The number of likely N-dealkylation sites (tertiary alicyclic amines) is 1. The standard InChI is InChI=1S/C46H48ClN7O6/c47-39-24-35(9-3-29(39)25-48)60-36-21-33-6-7-34(22-36)53(33)43(57)28-1-4-30(5-2-28)52-26-46(27-52)15-19-51(20-16-46)31-13-17-50(18-14-31)32-8-10-37-38(23-32)45(59)54(44(37)58)40-11-12-41(55)49-42(40)56/h1-5,8-10,23-24,31,33-34,36,40H,6-7,11-22,26-27H2,(H,49,55,56)/t33-,34+,36+,40?. The summed E-state index contributed by atoms with van der Waals surface area (Å²) in [6.45, 7) is 5.97. The van der Waals surface area contributed by atoms with Crippen LogP contribution in [0, 0.1) is 16.7 Å². The van der Waals surface area contributed by atoms with Crippen LogP contribution in [0.25, 0.3) is 0 Å². The van der Waals surface area contributed by atoms with E-state index < -0.39 is 23.8 Å². The van der Waals surface area contributed by atoms with Crippen LogP contribution in [0.3, 0.4) is 0 Å². The summed E-state index contributed by atoms with van der Waals surface area (Å²) in [5.74, 6) is -1.17. The van der Waals surface area contributed by atoms with Crippen LogP contribution in [-0.2, 0) is 9.59 Å². The number of hydrogen-bond donors (Lipinski definition) is 1. The lowest BCUT2D eigenvalue weighted by Crippen LogP contribution is -2.61. The second-order valence-electron chi connectivity index (χ2n) is 17.9. The molecule has 3 aromatic carbocycles. The minimum Gasteiger partial charge on any atom is -0.490 e. The summed E-state index contributed by atoms with van der Waals surface area (Å²) < 4.78 is 6.28. The zero-order valence-electron chi connectivity index (χ0n) is 33.5. The van der Waals surface area contributed by atoms with E-state index >= 15 is 0 Å². The summed E-state index contributed by atoms with van der Waals surface area (Å²) in [4.78, 5) is 75.0. The number of anilines is 2. The quantitative estimate of drug-likeness (QED) is 0.308. The molecule has 5 amide bonds. The van der Waals surface area contributed by atoms with E-state index in [2.05, 4.69) is 43.1 Å². The van der Waals surface area contributed by atoms with Gasteiger partial charge in [-0.1, -0.05) is 11.6 Å². The molecule has 310 valence electrons. The molecule has 2 bridgehead atoms. The van der Waals surface area contributed by atoms with Crippen molar-refractivity contribution < 1.29 is 28.7 Å². The third-order valence-corrected chi connectivity index (χ3v) is 14.8. The van der Waals surface area contributed by atoms with Gasteiger partial charge in [0.15, 0.2) is 0 Å². The summed E-state index contributed by atoms with van der Waals surface area (Å²) in [5, 5.41) is 11.8. The average Bonchev–Trinajstić information content (AvgIpc) is 3.66. The van der Waals surface area contributed by atoms with Gasteiger partial charge in [0.25, 0.3) is 17.7 Å². The van der Waals surface area contributed by atoms with Gasteiger partial charge in [-0.2, -0.15) is 5.26 Å². The van der Waals surface area contributed by atoms with Crippen molar-refractivity contribution in [2.24, 2.45) is 5.41 Å². The number of carbonyl (C=O) groups is 5. The Kier molecular flexibility index (Phi) is 9.83. The lowest BCUT2D eigenvalue weighted by molar-refractivity contribution is -0.136. The van der Waals surface area contributed by atoms with E-state index in [1.165, 1.54) is 18.5 Å². The van der Waals surface area contributed by atoms with E-state index in [-0.39, 0.29) is 42.8 Å². The second-order valence-corrected chi connectivity index (χ2v) is 18.3. The predicted molar refractivity (Wildman–Crippen MR) is 223 cm³/mol. The number of nitrogens with one attached hydrogen (secondary N) is 1. The van der Waals surface area contributed by atoms with Crippen LogP contribution in [0.1, 0.15) is 101 Å². The number of fused-ring (bicyclic) bond motifs is 3. The Morgan fingerprint density at radius 1 is 0.767 bits per heavy atom. The third-order valence-electron chi connectivity index (χ3n) is 14.4. The summed E-state index contributed by atoms with van der Waals surface area (Å²) in [5.41, 5.74) is 4.21. The number of nitrogens with zero attached hydrogens (tertiary/aromatic N) is 6. The molecule has 13 nitrogen and oxygen atoms in total. The first-order valence-electron chi connectivity index (χ1n) is 21.4. The molecule has 14 heteroatoms. The molecule has 6 fully saturated rings. The van der Waals surface area contributed by atoms with Gasteiger partial charge < -0.3 is 24.3 Å². The van der Waals surface area contributed by atoms with Crippen molar-refractivity contribution in [1.29, 1.82) is 5.26 Å². The molecule has 0 aromatic heterocycles. The Morgan fingerprint density at radius 2 is 1.45 bits per heavy atom. The van der Waals surface area contributed by atoms with Gasteiger partial charge in [-0.05, 0) is 113 Å². The van der Waals surface area contributed by atoms with Crippen molar-refractivity contribution in [1.82, 2.24) is 20.0 Å². The van der Waals surface area contributed by atoms with Crippen LogP contribution in [0.5, 0.6) is 5.75 Å². The van der Waals surface area contributed by atoms with Gasteiger partial charge in [0.05, 0.1) is 21.7 Å². The van der Waals surface area contributed by atoms with Crippen LogP contribution >= 0.6 is 11.6 Å². The maximum Gasteiger partial charge on any atom is 0.262 e. The monoisotopic (exact) mass is 829 g/mol. The predicted octanol–water partition coefficient (Wildman–Crippen LogP) is 5.40. The average molecular weight is 830 g/mol. The molecule has 3 aromatic rings. The van der Waals surface area contributed by atoms with Gasteiger partial charge in [0.2, 0.25) is 11.8 Å². The summed E-state index contributed by atoms with van der Waals surface area (Å²) in [6.07, 6.45) is 8.16. The van der Waals surface area contributed by atoms with E-state index in [0.29, 0.717) is 38.9 Å². The third kappa shape index (κ3) is 6.87. The Balaban J connectivity index is 0.682. The van der Waals surface area contributed by atoms with Gasteiger partial charge in [-0.25, -0.2) is 0 Å². The van der Waals surface area contributed by atoms with Gasteiger partial charge >= 0.3 is 0 Å². The molecular formula is C46H48ClN7O6. The summed E-state index contributed by atoms with van der Waals surface area (Å²) in [6, 6.07) is 20.7. The molecule has 4 atom stereocenters. The number of benzene rings is 3. The fraction of sp³-hybridized carbons (Fsp3) is 0.478. The maximum absolute atomic E-state index is 13.8. The number of amides is 5. The van der Waals surface area contributed by atoms with Crippen molar-refractivity contribution in [3.8, 4) is 11.8 Å². The summed E-state index contributed by atoms with van der Waals surface area (Å²) >= 11 is 6.23. The van der Waals surface area contributed by atoms with E-state index in [0.717, 1.165) is 93.9 Å². The largest absolute Gasteiger partial charge is 0.490 e. The first-order valence-corrected chi connectivity index (χ1v) is 21.8. The van der Waals surface area contributed by atoms with Crippen molar-refractivity contribution in [2.45, 2.75) is 94.5 Å². The van der Waals surface area contributed by atoms with Gasteiger partial charge in [-0.3, -0.25) is 34.2 Å². The topological polar surface area (TPSA) is 147 Å². The molecule has 0 saturated carbocycles. The van der Waals surface area contributed by atoms with E-state index in [1.54, 1.807) is 30.3 Å². The van der Waals surface area contributed by atoms with Crippen LogP contribution < -0.4 is 19.9 Å². The molecule has 10 rings (SSSR count). The number of rotatable bonds is 7. The minimum atomic E-state index is -0.966. The lowest BCUT2D eigenvalue weighted by atomic mass is 9.71. The molecule has 6 saturated heterocycles. The molecule has 0 aliphatic carbocycles. The zero-order valence-corrected chi connectivity index (χ0v) is 34.2. The first kappa shape index (κ1) is 38.7. The molecule has 7 heterocycles. The molecule has 1 spiro atoms. The highest BCUT2D eigenvalue weighted by molar-refractivity contribution is 6.31. The van der Waals surface area contributed by atoms with E-state index in [9.17, 15) is 29.2 Å². The number of carbonyl (C=O) groups excluding carboxylic acids is 5. The fourth-order valence-corrected chi connectivity index (χ4v) is 11.4. The Morgan fingerprint density at radius 3 is 2.12 bits per heavy atom. The SMILES string of the molecule is N#Cc1ccc(O[C@H]2C[C@H]3CC[C@@H](C2)N3C(=O)c2ccc(N3CC4(CCN(C5CCN(c6ccc7c(c6)C(=O)N(C6CCC(=O)NC6=O)C7=O)CC5)CC4)C3)cc2)cc1Cl. The number of hydrogen-bond acceptors (Lipinski definition) is 10. The number of nitriles is 1. The highest BCUT2D eigenvalue weighted by Gasteiger charge is 2.48. The Hall–Kier alpha value is -5.45. The first-order chi connectivity index (χ1) is 29.1. The molecule has 7 aliphatic rings. The van der Waals surface area contributed by atoms with Gasteiger partial charge in [-0.15, -0.1) is 0 Å². The Bertz CT molecular complexity index is 2290. The molecule has 7 aliphatic heterocycles. The molecular weight excluding hydrogens is 782 g/mol. The summed E-state index contributed by atoms with van der Waals surface area (Å²) in [7, 11) is 0. The molecule has 1 N–H and O–H groups in total. The molecule has 1 unspecified atom stereocenters. The molecule has 60 heavy (non-hydrogen) atoms. The highest BCUT2D eigenvalue weighted by Crippen LogP contribution is 2.44. The number of piperidine rings is 4. The van der Waals surface area contributed by atoms with Gasteiger partial charge in [0.1, 0.15) is 24.0 Å². The number of imide groups is 2. The van der Waals surface area contributed by atoms with Crippen LogP contribution in [-0.4, -0.2) is 114 Å². The van der Waals surface area contributed by atoms with Gasteiger partial charge in [0, 0.05) is 92.0 Å².